The maximum absolute atomic E-state index is 11.5. The van der Waals surface area contributed by atoms with Crippen molar-refractivity contribution in [3.8, 4) is 0 Å². The summed E-state index contributed by atoms with van der Waals surface area (Å²) in [6, 6.07) is 0. The molecule has 1 aliphatic rings. The van der Waals surface area contributed by atoms with E-state index >= 15 is 0 Å². The standard InChI is InChI=1S/C14H23IO3S/c1-2-3-4-5-6-7-8-13-9-11-14(12-10-13)19(16,17)18-15/h9,11-13H,2-8,10H2,1H3. The summed E-state index contributed by atoms with van der Waals surface area (Å²) < 4.78 is 27.4. The van der Waals surface area contributed by atoms with Crippen molar-refractivity contribution in [2.75, 3.05) is 0 Å². The second-order valence-corrected chi connectivity index (χ2v) is 7.62. The van der Waals surface area contributed by atoms with Gasteiger partial charge >= 0.3 is 10.1 Å². The van der Waals surface area contributed by atoms with Gasteiger partial charge in [-0.1, -0.05) is 57.6 Å². The molecule has 5 heteroatoms. The monoisotopic (exact) mass is 398 g/mol. The van der Waals surface area contributed by atoms with Crippen molar-refractivity contribution in [3.63, 3.8) is 0 Å². The van der Waals surface area contributed by atoms with E-state index in [1.165, 1.54) is 61.5 Å². The number of allylic oxidation sites excluding steroid dienone is 3. The van der Waals surface area contributed by atoms with Crippen molar-refractivity contribution < 1.29 is 10.9 Å². The molecule has 0 saturated carbocycles. The van der Waals surface area contributed by atoms with E-state index in [0.717, 1.165) is 12.8 Å². The van der Waals surface area contributed by atoms with Gasteiger partial charge in [-0.3, -0.25) is 0 Å². The normalized spacial score (nSPS) is 19.5. The lowest BCUT2D eigenvalue weighted by Crippen LogP contribution is -2.07. The summed E-state index contributed by atoms with van der Waals surface area (Å²) in [5, 5.41) is 0. The van der Waals surface area contributed by atoms with E-state index < -0.39 is 10.1 Å². The van der Waals surface area contributed by atoms with Crippen molar-refractivity contribution in [1.82, 2.24) is 0 Å². The number of hydrogen-bond acceptors (Lipinski definition) is 3. The molecule has 3 nitrogen and oxygen atoms in total. The van der Waals surface area contributed by atoms with Crippen molar-refractivity contribution in [3.05, 3.63) is 23.1 Å². The predicted molar refractivity (Wildman–Crippen MR) is 87.3 cm³/mol. The molecule has 0 aromatic rings. The van der Waals surface area contributed by atoms with Crippen LogP contribution in [0.3, 0.4) is 0 Å². The molecule has 0 N–H and O–H groups in total. The summed E-state index contributed by atoms with van der Waals surface area (Å²) in [6.45, 7) is 2.23. The Morgan fingerprint density at radius 3 is 2.53 bits per heavy atom. The summed E-state index contributed by atoms with van der Waals surface area (Å²) >= 11 is 1.41. The van der Waals surface area contributed by atoms with E-state index in [1.54, 1.807) is 12.2 Å². The summed E-state index contributed by atoms with van der Waals surface area (Å²) in [5.41, 5.74) is 0. The maximum atomic E-state index is 11.5. The van der Waals surface area contributed by atoms with Crippen molar-refractivity contribution in [2.45, 2.75) is 58.3 Å². The van der Waals surface area contributed by atoms with Gasteiger partial charge in [0.25, 0.3) is 0 Å². The molecule has 0 amide bonds. The van der Waals surface area contributed by atoms with Crippen LogP contribution in [0.1, 0.15) is 58.3 Å². The second kappa shape index (κ2) is 9.13. The first-order chi connectivity index (χ1) is 9.10. The molecule has 0 aromatic carbocycles. The zero-order valence-corrected chi connectivity index (χ0v) is 14.5. The van der Waals surface area contributed by atoms with Crippen LogP contribution in [0.2, 0.25) is 0 Å². The molecule has 110 valence electrons. The Bertz CT molecular complexity index is 412. The van der Waals surface area contributed by atoms with E-state index in [9.17, 15) is 8.42 Å². The third kappa shape index (κ3) is 6.40. The van der Waals surface area contributed by atoms with E-state index in [0.29, 0.717) is 10.8 Å². The molecule has 0 heterocycles. The first-order valence-electron chi connectivity index (χ1n) is 7.03. The number of rotatable bonds is 9. The Balaban J connectivity index is 2.22. The fraction of sp³-hybridized carbons (Fsp3) is 0.714. The zero-order chi connectivity index (χ0) is 14.1. The Labute approximate surface area is 131 Å². The van der Waals surface area contributed by atoms with Crippen molar-refractivity contribution in [1.29, 1.82) is 0 Å². The largest absolute Gasteiger partial charge is 0.305 e. The Kier molecular flexibility index (Phi) is 8.25. The number of unbranched alkanes of at least 4 members (excludes halogenated alkanes) is 5. The molecule has 0 aromatic heterocycles. The van der Waals surface area contributed by atoms with Crippen LogP contribution < -0.4 is 0 Å². The predicted octanol–water partition coefficient (Wildman–Crippen LogP) is 4.89. The molecule has 1 rings (SSSR count). The smallest absolute Gasteiger partial charge is 0.195 e. The minimum atomic E-state index is -3.52. The van der Waals surface area contributed by atoms with Crippen molar-refractivity contribution in [2.24, 2.45) is 5.92 Å². The van der Waals surface area contributed by atoms with E-state index in [1.807, 2.05) is 6.08 Å². The summed E-state index contributed by atoms with van der Waals surface area (Å²) in [5.74, 6) is 0.485. The lowest BCUT2D eigenvalue weighted by molar-refractivity contribution is 0.517. The first-order valence-corrected chi connectivity index (χ1v) is 9.32. The average Bonchev–Trinajstić information content (AvgIpc) is 2.43. The SMILES string of the molecule is CCCCCCCCC1C=CC(S(=O)(=O)OI)=CC1. The molecular weight excluding hydrogens is 375 g/mol. The van der Waals surface area contributed by atoms with Crippen LogP contribution in [0.4, 0.5) is 0 Å². The molecule has 1 atom stereocenters. The van der Waals surface area contributed by atoms with Gasteiger partial charge in [0.05, 0.1) is 4.91 Å². The highest BCUT2D eigenvalue weighted by atomic mass is 127. The van der Waals surface area contributed by atoms with Crippen LogP contribution in [0.25, 0.3) is 0 Å². The van der Waals surface area contributed by atoms with Crippen LogP contribution in [0.5, 0.6) is 0 Å². The summed E-state index contributed by atoms with van der Waals surface area (Å²) in [6.07, 6.45) is 15.2. The van der Waals surface area contributed by atoms with Crippen LogP contribution in [0.15, 0.2) is 23.1 Å². The summed E-state index contributed by atoms with van der Waals surface area (Å²) in [7, 11) is -3.52. The lowest BCUT2D eigenvalue weighted by atomic mass is 9.94. The molecular formula is C14H23IO3S. The fourth-order valence-corrected chi connectivity index (χ4v) is 3.51. The highest BCUT2D eigenvalue weighted by Crippen LogP contribution is 2.26. The highest BCUT2D eigenvalue weighted by molar-refractivity contribution is 14.1. The lowest BCUT2D eigenvalue weighted by Gasteiger charge is -2.15. The first kappa shape index (κ1) is 17.2. The van der Waals surface area contributed by atoms with E-state index in [2.05, 4.69) is 9.44 Å². The molecule has 0 fully saturated rings. The van der Waals surface area contributed by atoms with Gasteiger partial charge in [0.15, 0.2) is 0 Å². The Morgan fingerprint density at radius 2 is 1.95 bits per heavy atom. The second-order valence-electron chi connectivity index (χ2n) is 5.03. The topological polar surface area (TPSA) is 43.4 Å². The third-order valence-electron chi connectivity index (χ3n) is 3.45. The quantitative estimate of drug-likeness (QED) is 0.410. The Hall–Kier alpha value is 0.120. The molecule has 0 bridgehead atoms. The minimum Gasteiger partial charge on any atom is -0.195 e. The fourth-order valence-electron chi connectivity index (χ4n) is 2.27. The molecule has 0 aliphatic heterocycles. The van der Waals surface area contributed by atoms with Crippen LogP contribution in [0, 0.1) is 5.92 Å². The molecule has 19 heavy (non-hydrogen) atoms. The van der Waals surface area contributed by atoms with Crippen LogP contribution in [-0.4, -0.2) is 8.42 Å². The molecule has 0 saturated heterocycles. The molecule has 0 radical (unpaired) electrons. The van der Waals surface area contributed by atoms with Gasteiger partial charge in [-0.2, -0.15) is 10.9 Å². The molecule has 1 aliphatic carbocycles. The van der Waals surface area contributed by atoms with Gasteiger partial charge in [0.2, 0.25) is 0 Å². The van der Waals surface area contributed by atoms with E-state index in [4.69, 9.17) is 0 Å². The van der Waals surface area contributed by atoms with Crippen molar-refractivity contribution >= 4 is 33.1 Å². The van der Waals surface area contributed by atoms with E-state index in [-0.39, 0.29) is 0 Å². The number of hydrogen-bond donors (Lipinski definition) is 0. The average molecular weight is 398 g/mol. The van der Waals surface area contributed by atoms with Crippen LogP contribution >= 0.6 is 23.0 Å². The van der Waals surface area contributed by atoms with Gasteiger partial charge in [0, 0.05) is 0 Å². The number of halogens is 1. The van der Waals surface area contributed by atoms with Gasteiger partial charge in [-0.15, -0.1) is 0 Å². The van der Waals surface area contributed by atoms with Crippen LogP contribution in [-0.2, 0) is 12.6 Å². The van der Waals surface area contributed by atoms with Gasteiger partial charge in [-0.05, 0) is 24.8 Å². The molecule has 0 spiro atoms. The Morgan fingerprint density at radius 1 is 1.26 bits per heavy atom. The van der Waals surface area contributed by atoms with Gasteiger partial charge in [-0.25, -0.2) is 0 Å². The van der Waals surface area contributed by atoms with Gasteiger partial charge < -0.3 is 0 Å². The zero-order valence-electron chi connectivity index (χ0n) is 11.5. The molecule has 1 unspecified atom stereocenters. The minimum absolute atomic E-state index is 0.293. The maximum Gasteiger partial charge on any atom is 0.305 e. The summed E-state index contributed by atoms with van der Waals surface area (Å²) in [4.78, 5) is 0.293. The van der Waals surface area contributed by atoms with Gasteiger partial charge in [0.1, 0.15) is 23.0 Å². The highest BCUT2D eigenvalue weighted by Gasteiger charge is 2.19. The third-order valence-corrected chi connectivity index (χ3v) is 5.92.